The van der Waals surface area contributed by atoms with Gasteiger partial charge < -0.3 is 9.84 Å². The molecule has 0 aromatic carbocycles. The number of unbranched alkanes of at least 4 members (excludes halogenated alkanes) is 12. The Balaban J connectivity index is 1.79. The Labute approximate surface area is 136 Å². The van der Waals surface area contributed by atoms with Crippen molar-refractivity contribution < 1.29 is 14.6 Å². The molecule has 0 bridgehead atoms. The summed E-state index contributed by atoms with van der Waals surface area (Å²) in [6.45, 7) is 2.59. The van der Waals surface area contributed by atoms with E-state index < -0.39 is 11.6 Å². The highest BCUT2D eigenvalue weighted by atomic mass is 16.6. The van der Waals surface area contributed by atoms with Crippen LogP contribution in [0.1, 0.15) is 90.4 Å². The van der Waals surface area contributed by atoms with Crippen molar-refractivity contribution in [1.82, 2.24) is 0 Å². The monoisotopic (exact) mass is 310 g/mol. The lowest BCUT2D eigenvalue weighted by Gasteiger charge is -2.02. The van der Waals surface area contributed by atoms with E-state index in [-0.39, 0.29) is 0 Å². The molecule has 22 heavy (non-hydrogen) atoms. The molecular weight excluding hydrogens is 276 g/mol. The first-order valence-electron chi connectivity index (χ1n) is 9.26. The summed E-state index contributed by atoms with van der Waals surface area (Å²) < 4.78 is 4.98. The topological polar surface area (TPSA) is 49.8 Å². The molecule has 1 saturated heterocycles. The van der Waals surface area contributed by atoms with Gasteiger partial charge >= 0.3 is 5.97 Å². The molecule has 0 radical (unpaired) electrons. The van der Waals surface area contributed by atoms with Crippen LogP contribution in [0.5, 0.6) is 0 Å². The predicted molar refractivity (Wildman–Crippen MR) is 91.2 cm³/mol. The third kappa shape index (κ3) is 8.57. The van der Waals surface area contributed by atoms with Crippen molar-refractivity contribution >= 4 is 5.97 Å². The van der Waals surface area contributed by atoms with Crippen molar-refractivity contribution in [2.75, 3.05) is 6.61 Å². The fourth-order valence-electron chi connectivity index (χ4n) is 2.75. The molecule has 3 nitrogen and oxygen atoms in total. The average Bonchev–Trinajstić information content (AvgIpc) is 3.29. The highest BCUT2D eigenvalue weighted by Gasteiger charge is 2.50. The lowest BCUT2D eigenvalue weighted by Crippen LogP contribution is -2.20. The molecule has 0 aromatic rings. The molecule has 0 spiro atoms. The van der Waals surface area contributed by atoms with E-state index >= 15 is 0 Å². The zero-order valence-electron chi connectivity index (χ0n) is 14.3. The first kappa shape index (κ1) is 19.2. The quantitative estimate of drug-likeness (QED) is 0.247. The van der Waals surface area contributed by atoms with Gasteiger partial charge in [-0.3, -0.25) is 0 Å². The van der Waals surface area contributed by atoms with E-state index in [1.165, 1.54) is 70.6 Å². The third-order valence-corrected chi connectivity index (χ3v) is 4.43. The fourth-order valence-corrected chi connectivity index (χ4v) is 2.75. The molecule has 1 fully saturated rings. The van der Waals surface area contributed by atoms with Crippen LogP contribution in [0.2, 0.25) is 0 Å². The SMILES string of the molecule is CCCCCCCCCCCCCC/C=C/C1(C(=O)O)CO1. The van der Waals surface area contributed by atoms with Gasteiger partial charge in [-0.1, -0.05) is 83.6 Å². The van der Waals surface area contributed by atoms with Crippen LogP contribution in [-0.2, 0) is 9.53 Å². The summed E-state index contributed by atoms with van der Waals surface area (Å²) in [7, 11) is 0. The molecule has 0 aliphatic carbocycles. The molecule has 1 N–H and O–H groups in total. The Hall–Kier alpha value is -0.830. The van der Waals surface area contributed by atoms with E-state index in [9.17, 15) is 4.79 Å². The number of hydrogen-bond acceptors (Lipinski definition) is 2. The van der Waals surface area contributed by atoms with Gasteiger partial charge in [0.05, 0.1) is 6.61 Å². The van der Waals surface area contributed by atoms with Gasteiger partial charge in [0.1, 0.15) is 0 Å². The highest BCUT2D eigenvalue weighted by Crippen LogP contribution is 2.29. The van der Waals surface area contributed by atoms with Gasteiger partial charge in [0.2, 0.25) is 5.60 Å². The van der Waals surface area contributed by atoms with Gasteiger partial charge in [0.15, 0.2) is 0 Å². The van der Waals surface area contributed by atoms with E-state index in [0.29, 0.717) is 6.61 Å². The van der Waals surface area contributed by atoms with E-state index in [0.717, 1.165) is 12.8 Å². The Morgan fingerprint density at radius 2 is 1.41 bits per heavy atom. The van der Waals surface area contributed by atoms with Gasteiger partial charge in [0, 0.05) is 0 Å². The van der Waals surface area contributed by atoms with Crippen LogP contribution in [0, 0.1) is 0 Å². The maximum Gasteiger partial charge on any atom is 0.342 e. The Morgan fingerprint density at radius 1 is 0.955 bits per heavy atom. The summed E-state index contributed by atoms with van der Waals surface area (Å²) in [4.78, 5) is 10.9. The smallest absolute Gasteiger partial charge is 0.342 e. The highest BCUT2D eigenvalue weighted by molar-refractivity contribution is 5.83. The molecule has 1 aliphatic heterocycles. The first-order chi connectivity index (χ1) is 10.7. The summed E-state index contributed by atoms with van der Waals surface area (Å²) in [5, 5.41) is 8.93. The van der Waals surface area contributed by atoms with E-state index in [1.54, 1.807) is 6.08 Å². The lowest BCUT2D eigenvalue weighted by molar-refractivity contribution is -0.141. The fraction of sp³-hybridized carbons (Fsp3) is 0.842. The number of aliphatic carboxylic acids is 1. The summed E-state index contributed by atoms with van der Waals surface area (Å²) in [5.74, 6) is -0.863. The zero-order chi connectivity index (χ0) is 16.1. The van der Waals surface area contributed by atoms with Gasteiger partial charge in [-0.05, 0) is 18.9 Å². The van der Waals surface area contributed by atoms with E-state index in [1.807, 2.05) is 6.08 Å². The second-order valence-electron chi connectivity index (χ2n) is 6.56. The first-order valence-corrected chi connectivity index (χ1v) is 9.26. The molecule has 1 atom stereocenters. The zero-order valence-corrected chi connectivity index (χ0v) is 14.3. The number of ether oxygens (including phenoxy) is 1. The molecule has 3 heteroatoms. The number of hydrogen-bond donors (Lipinski definition) is 1. The Bertz CT molecular complexity index is 319. The lowest BCUT2D eigenvalue weighted by atomic mass is 10.0. The molecule has 1 aliphatic rings. The van der Waals surface area contributed by atoms with Crippen LogP contribution >= 0.6 is 0 Å². The molecule has 128 valence electrons. The number of carboxylic acids is 1. The number of carboxylic acid groups (broad SMARTS) is 1. The molecule has 0 aromatic heterocycles. The van der Waals surface area contributed by atoms with Crippen molar-refractivity contribution in [3.63, 3.8) is 0 Å². The van der Waals surface area contributed by atoms with E-state index in [4.69, 9.17) is 9.84 Å². The number of epoxide rings is 1. The minimum absolute atomic E-state index is 0.331. The molecule has 0 saturated carbocycles. The van der Waals surface area contributed by atoms with Crippen molar-refractivity contribution in [2.45, 2.75) is 96.0 Å². The molecule has 1 heterocycles. The summed E-state index contributed by atoms with van der Waals surface area (Å²) >= 11 is 0. The van der Waals surface area contributed by atoms with Gasteiger partial charge in [-0.15, -0.1) is 0 Å². The van der Waals surface area contributed by atoms with Gasteiger partial charge in [0.25, 0.3) is 0 Å². The molecule has 0 amide bonds. The molecule has 1 unspecified atom stereocenters. The Kier molecular flexibility index (Phi) is 10.2. The van der Waals surface area contributed by atoms with Gasteiger partial charge in [-0.2, -0.15) is 0 Å². The Morgan fingerprint density at radius 3 is 1.82 bits per heavy atom. The van der Waals surface area contributed by atoms with Crippen LogP contribution in [0.4, 0.5) is 0 Å². The second kappa shape index (κ2) is 11.7. The predicted octanol–water partition coefficient (Wildman–Crippen LogP) is 5.49. The van der Waals surface area contributed by atoms with Crippen molar-refractivity contribution in [3.05, 3.63) is 12.2 Å². The average molecular weight is 310 g/mol. The van der Waals surface area contributed by atoms with Crippen molar-refractivity contribution in [2.24, 2.45) is 0 Å². The van der Waals surface area contributed by atoms with Crippen molar-refractivity contribution in [1.29, 1.82) is 0 Å². The standard InChI is InChI=1S/C19H34O3/c1-2-3-4-5-6-7-8-9-10-11-12-13-14-15-16-19(17-22-19)18(20)21/h15-16H,2-14,17H2,1H3,(H,20,21)/b16-15+. The van der Waals surface area contributed by atoms with Crippen LogP contribution in [-0.4, -0.2) is 23.3 Å². The molecular formula is C19H34O3. The largest absolute Gasteiger partial charge is 0.479 e. The van der Waals surface area contributed by atoms with Crippen LogP contribution < -0.4 is 0 Å². The number of carbonyl (C=O) groups is 1. The van der Waals surface area contributed by atoms with Crippen LogP contribution in [0.3, 0.4) is 0 Å². The van der Waals surface area contributed by atoms with E-state index in [2.05, 4.69) is 6.92 Å². The minimum Gasteiger partial charge on any atom is -0.479 e. The summed E-state index contributed by atoms with van der Waals surface area (Å²) in [6, 6.07) is 0. The minimum atomic E-state index is -0.975. The maximum absolute atomic E-state index is 10.9. The summed E-state index contributed by atoms with van der Waals surface area (Å²) in [5.41, 5.74) is -0.975. The third-order valence-electron chi connectivity index (χ3n) is 4.43. The van der Waals surface area contributed by atoms with Gasteiger partial charge in [-0.25, -0.2) is 4.79 Å². The normalized spacial score (nSPS) is 20.6. The van der Waals surface area contributed by atoms with Crippen LogP contribution in [0.15, 0.2) is 12.2 Å². The van der Waals surface area contributed by atoms with Crippen LogP contribution in [0.25, 0.3) is 0 Å². The second-order valence-corrected chi connectivity index (χ2v) is 6.56. The maximum atomic E-state index is 10.9. The molecule has 1 rings (SSSR count). The number of rotatable bonds is 15. The summed E-state index contributed by atoms with van der Waals surface area (Å²) in [6.07, 6.45) is 20.9. The van der Waals surface area contributed by atoms with Crippen molar-refractivity contribution in [3.8, 4) is 0 Å². The number of allylic oxidation sites excluding steroid dienone is 1.